The van der Waals surface area contributed by atoms with Crippen LogP contribution in [0.3, 0.4) is 0 Å². The number of methoxy groups -OCH3 is 1. The van der Waals surface area contributed by atoms with Crippen molar-refractivity contribution in [2.45, 2.75) is 58.6 Å². The Bertz CT molecular complexity index is 303. The van der Waals surface area contributed by atoms with Crippen LogP contribution in [0.5, 0.6) is 0 Å². The molecule has 0 radical (unpaired) electrons. The van der Waals surface area contributed by atoms with E-state index in [0.717, 1.165) is 0 Å². The van der Waals surface area contributed by atoms with Gasteiger partial charge in [-0.2, -0.15) is 0 Å². The molecule has 0 aliphatic carbocycles. The summed E-state index contributed by atoms with van der Waals surface area (Å²) in [5, 5.41) is 0. The van der Waals surface area contributed by atoms with Crippen LogP contribution in [0.15, 0.2) is 0 Å². The lowest BCUT2D eigenvalue weighted by Gasteiger charge is -2.38. The van der Waals surface area contributed by atoms with Gasteiger partial charge in [0.2, 0.25) is 0 Å². The van der Waals surface area contributed by atoms with Gasteiger partial charge in [0.15, 0.2) is 0 Å². The van der Waals surface area contributed by atoms with E-state index < -0.39 is 23.2 Å². The Hall–Kier alpha value is -1.26. The fraction of sp³-hybridized carbons (Fsp3) is 0.846. The largest absolute Gasteiger partial charge is 0.467 e. The topological polar surface area (TPSA) is 55.8 Å². The summed E-state index contributed by atoms with van der Waals surface area (Å²) in [7, 11) is 2.89. The fourth-order valence-corrected chi connectivity index (χ4v) is 1.85. The van der Waals surface area contributed by atoms with Gasteiger partial charge in [-0.15, -0.1) is 0 Å². The smallest absolute Gasteiger partial charge is 0.410 e. The third-order valence-corrected chi connectivity index (χ3v) is 3.04. The summed E-state index contributed by atoms with van der Waals surface area (Å²) in [6.45, 7) is 9.06. The van der Waals surface area contributed by atoms with Crippen molar-refractivity contribution >= 4 is 12.1 Å². The average Bonchev–Trinajstić information content (AvgIpc) is 2.28. The van der Waals surface area contributed by atoms with E-state index in [1.54, 1.807) is 27.8 Å². The molecule has 0 aromatic carbocycles. The van der Waals surface area contributed by atoms with Crippen molar-refractivity contribution in [2.75, 3.05) is 14.2 Å². The van der Waals surface area contributed by atoms with Crippen molar-refractivity contribution < 1.29 is 19.1 Å². The number of carbonyl (C=O) groups is 2. The summed E-state index contributed by atoms with van der Waals surface area (Å²) >= 11 is 0. The van der Waals surface area contributed by atoms with E-state index in [1.807, 2.05) is 13.8 Å². The zero-order chi connectivity index (χ0) is 14.6. The van der Waals surface area contributed by atoms with Crippen molar-refractivity contribution in [3.63, 3.8) is 0 Å². The van der Waals surface area contributed by atoms with Crippen LogP contribution in [0.1, 0.15) is 47.5 Å². The number of likely N-dealkylation sites (N-methyl/N-ethyl adjacent to an activating group) is 1. The molecule has 0 aromatic rings. The van der Waals surface area contributed by atoms with Crippen LogP contribution in [0.4, 0.5) is 4.79 Å². The van der Waals surface area contributed by atoms with Gasteiger partial charge >= 0.3 is 12.1 Å². The van der Waals surface area contributed by atoms with Gasteiger partial charge in [0.1, 0.15) is 11.1 Å². The molecule has 0 bridgehead atoms. The molecule has 0 fully saturated rings. The van der Waals surface area contributed by atoms with Crippen LogP contribution in [-0.4, -0.2) is 42.3 Å². The maximum absolute atomic E-state index is 12.0. The molecule has 0 atom stereocenters. The first-order valence-corrected chi connectivity index (χ1v) is 6.19. The SMILES string of the molecule is CCC(CC)(C(=O)OC)N(C)C(=O)OC(C)(C)C. The van der Waals surface area contributed by atoms with Crippen LogP contribution >= 0.6 is 0 Å². The quantitative estimate of drug-likeness (QED) is 0.728. The van der Waals surface area contributed by atoms with E-state index in [9.17, 15) is 9.59 Å². The van der Waals surface area contributed by atoms with Gasteiger partial charge in [0.25, 0.3) is 0 Å². The molecule has 0 saturated carbocycles. The molecule has 0 rings (SSSR count). The number of esters is 1. The molecule has 5 heteroatoms. The van der Waals surface area contributed by atoms with Gasteiger partial charge in [-0.25, -0.2) is 9.59 Å². The molecule has 18 heavy (non-hydrogen) atoms. The first kappa shape index (κ1) is 16.7. The molecule has 1 amide bonds. The van der Waals surface area contributed by atoms with Crippen LogP contribution in [0, 0.1) is 0 Å². The van der Waals surface area contributed by atoms with Gasteiger partial charge in [-0.05, 0) is 33.6 Å². The minimum Gasteiger partial charge on any atom is -0.467 e. The molecule has 5 nitrogen and oxygen atoms in total. The molecule has 0 unspecified atom stereocenters. The Labute approximate surface area is 109 Å². The average molecular weight is 259 g/mol. The highest BCUT2D eigenvalue weighted by Gasteiger charge is 2.44. The molecule has 0 saturated heterocycles. The third kappa shape index (κ3) is 3.62. The molecule has 0 aliphatic heterocycles. The first-order valence-electron chi connectivity index (χ1n) is 6.19. The summed E-state index contributed by atoms with van der Waals surface area (Å²) in [6, 6.07) is 0. The fourth-order valence-electron chi connectivity index (χ4n) is 1.85. The highest BCUT2D eigenvalue weighted by atomic mass is 16.6. The number of ether oxygens (including phenoxy) is 2. The molecule has 106 valence electrons. The van der Waals surface area contributed by atoms with Gasteiger partial charge in [0, 0.05) is 7.05 Å². The minimum absolute atomic E-state index is 0.416. The molecule has 0 heterocycles. The first-order chi connectivity index (χ1) is 8.14. The van der Waals surface area contributed by atoms with Gasteiger partial charge in [-0.3, -0.25) is 4.90 Å². The number of hydrogen-bond acceptors (Lipinski definition) is 4. The van der Waals surface area contributed by atoms with E-state index in [-0.39, 0.29) is 0 Å². The second kappa shape index (κ2) is 6.07. The lowest BCUT2D eigenvalue weighted by molar-refractivity contribution is -0.154. The van der Waals surface area contributed by atoms with E-state index >= 15 is 0 Å². The monoisotopic (exact) mass is 259 g/mol. The number of carbonyl (C=O) groups excluding carboxylic acids is 2. The van der Waals surface area contributed by atoms with Crippen LogP contribution in [-0.2, 0) is 14.3 Å². The summed E-state index contributed by atoms with van der Waals surface area (Å²) in [5.74, 6) is -0.416. The molecule has 0 aliphatic rings. The second-order valence-corrected chi connectivity index (χ2v) is 5.27. The van der Waals surface area contributed by atoms with Gasteiger partial charge in [0.05, 0.1) is 7.11 Å². The Kier molecular flexibility index (Phi) is 5.64. The standard InChI is InChI=1S/C13H25NO4/c1-8-13(9-2,10(15)17-7)14(6)11(16)18-12(3,4)5/h8-9H2,1-7H3. The Morgan fingerprint density at radius 2 is 1.56 bits per heavy atom. The van der Waals surface area contributed by atoms with E-state index in [1.165, 1.54) is 12.0 Å². The lowest BCUT2D eigenvalue weighted by Crippen LogP contribution is -2.56. The van der Waals surface area contributed by atoms with Crippen molar-refractivity contribution in [3.8, 4) is 0 Å². The number of nitrogens with zero attached hydrogens (tertiary/aromatic N) is 1. The zero-order valence-electron chi connectivity index (χ0n) is 12.5. The van der Waals surface area contributed by atoms with E-state index in [4.69, 9.17) is 9.47 Å². The predicted molar refractivity (Wildman–Crippen MR) is 69.3 cm³/mol. The summed E-state index contributed by atoms with van der Waals surface area (Å²) < 4.78 is 10.1. The number of hydrogen-bond donors (Lipinski definition) is 0. The lowest BCUT2D eigenvalue weighted by atomic mass is 9.91. The second-order valence-electron chi connectivity index (χ2n) is 5.27. The maximum atomic E-state index is 12.0. The van der Waals surface area contributed by atoms with Crippen molar-refractivity contribution in [1.82, 2.24) is 4.90 Å². The Morgan fingerprint density at radius 1 is 1.11 bits per heavy atom. The summed E-state index contributed by atoms with van der Waals surface area (Å²) in [6.07, 6.45) is 0.439. The number of rotatable bonds is 4. The molecular formula is C13H25NO4. The Morgan fingerprint density at radius 3 is 1.83 bits per heavy atom. The predicted octanol–water partition coefficient (Wildman–Crippen LogP) is 2.59. The van der Waals surface area contributed by atoms with Gasteiger partial charge < -0.3 is 9.47 Å². The molecule has 0 spiro atoms. The molecule has 0 N–H and O–H groups in total. The zero-order valence-corrected chi connectivity index (χ0v) is 12.5. The van der Waals surface area contributed by atoms with Crippen LogP contribution in [0.2, 0.25) is 0 Å². The van der Waals surface area contributed by atoms with E-state index in [0.29, 0.717) is 12.8 Å². The van der Waals surface area contributed by atoms with Crippen LogP contribution < -0.4 is 0 Å². The maximum Gasteiger partial charge on any atom is 0.410 e. The molecule has 0 aromatic heterocycles. The van der Waals surface area contributed by atoms with Crippen LogP contribution in [0.25, 0.3) is 0 Å². The Balaban J connectivity index is 5.15. The van der Waals surface area contributed by atoms with Crippen molar-refractivity contribution in [2.24, 2.45) is 0 Å². The highest BCUT2D eigenvalue weighted by molar-refractivity contribution is 5.85. The minimum atomic E-state index is -0.961. The van der Waals surface area contributed by atoms with Crippen molar-refractivity contribution in [1.29, 1.82) is 0 Å². The number of amides is 1. The summed E-state index contributed by atoms with van der Waals surface area (Å²) in [5.41, 5.74) is -1.55. The van der Waals surface area contributed by atoms with E-state index in [2.05, 4.69) is 0 Å². The summed E-state index contributed by atoms with van der Waals surface area (Å²) in [4.78, 5) is 25.3. The van der Waals surface area contributed by atoms with Gasteiger partial charge in [-0.1, -0.05) is 13.8 Å². The molecular weight excluding hydrogens is 234 g/mol. The highest BCUT2D eigenvalue weighted by Crippen LogP contribution is 2.26. The normalized spacial score (nSPS) is 11.9. The van der Waals surface area contributed by atoms with Crippen molar-refractivity contribution in [3.05, 3.63) is 0 Å². The third-order valence-electron chi connectivity index (χ3n) is 3.04.